The van der Waals surface area contributed by atoms with Gasteiger partial charge in [-0.25, -0.2) is 35.1 Å². The molecule has 0 aromatic heterocycles. The van der Waals surface area contributed by atoms with Crippen molar-refractivity contribution in [3.05, 3.63) is 57.7 Å². The SMILES string of the molecule is Nc1c(F)c(F)c(C(c2c(F)c(F)c(N)c(F)c2F)(C(F)(F)F)C(F)(F)F)c(F)c1F. The number of benzene rings is 2. The summed E-state index contributed by atoms with van der Waals surface area (Å²) >= 11 is 0. The molecule has 0 saturated carbocycles. The second-order valence-corrected chi connectivity index (χ2v) is 5.83. The lowest BCUT2D eigenvalue weighted by molar-refractivity contribution is -0.291. The molecule has 2 nitrogen and oxygen atoms in total. The lowest BCUT2D eigenvalue weighted by Crippen LogP contribution is -2.57. The highest BCUT2D eigenvalue weighted by Gasteiger charge is 2.77. The van der Waals surface area contributed by atoms with Crippen LogP contribution in [0.1, 0.15) is 11.1 Å². The molecule has 4 N–H and O–H groups in total. The molecule has 2 aromatic carbocycles. The molecule has 16 heteroatoms. The highest BCUT2D eigenvalue weighted by Crippen LogP contribution is 2.59. The molecule has 0 aliphatic rings. The maximum atomic E-state index is 14.2. The van der Waals surface area contributed by atoms with Crippen LogP contribution < -0.4 is 11.5 Å². The summed E-state index contributed by atoms with van der Waals surface area (Å²) in [6.07, 6.45) is -14.6. The standard InChI is InChI=1S/C15H4F14N2/c16-3-1(4(17)8(21)11(30)7(3)20)13(14(24,25)26,15(27,28)29)2-5(18)9(22)12(31)10(23)6(2)19/h30-31H2. The molecule has 0 fully saturated rings. The number of nitrogen functional groups attached to an aromatic ring is 2. The average Bonchev–Trinajstić information content (AvgIpc) is 2.64. The topological polar surface area (TPSA) is 52.0 Å². The van der Waals surface area contributed by atoms with Crippen LogP contribution in [0.4, 0.5) is 72.8 Å². The maximum absolute atomic E-state index is 14.2. The van der Waals surface area contributed by atoms with E-state index in [0.29, 0.717) is 0 Å². The number of hydrogen-bond acceptors (Lipinski definition) is 2. The fraction of sp³-hybridized carbons (Fsp3) is 0.200. The molecule has 2 rings (SSSR count). The third-order valence-corrected chi connectivity index (χ3v) is 4.20. The summed E-state index contributed by atoms with van der Waals surface area (Å²) in [7, 11) is 0. The Bertz CT molecular complexity index is 926. The fourth-order valence-electron chi connectivity index (χ4n) is 2.81. The van der Waals surface area contributed by atoms with Crippen LogP contribution in [-0.2, 0) is 5.41 Å². The van der Waals surface area contributed by atoms with Crippen LogP contribution in [0.15, 0.2) is 0 Å². The van der Waals surface area contributed by atoms with Gasteiger partial charge in [0.05, 0.1) is 11.1 Å². The summed E-state index contributed by atoms with van der Waals surface area (Å²) in [4.78, 5) is 0. The van der Waals surface area contributed by atoms with Gasteiger partial charge in [0.25, 0.3) is 0 Å². The van der Waals surface area contributed by atoms with Crippen molar-refractivity contribution in [3.63, 3.8) is 0 Å². The van der Waals surface area contributed by atoms with E-state index in [-0.39, 0.29) is 0 Å². The second kappa shape index (κ2) is 7.05. The summed E-state index contributed by atoms with van der Waals surface area (Å²) in [5.74, 6) is -26.0. The third-order valence-electron chi connectivity index (χ3n) is 4.20. The molecule has 0 unspecified atom stereocenters. The van der Waals surface area contributed by atoms with Crippen LogP contribution in [-0.4, -0.2) is 12.4 Å². The average molecular weight is 478 g/mol. The van der Waals surface area contributed by atoms with E-state index in [1.54, 1.807) is 0 Å². The zero-order valence-corrected chi connectivity index (χ0v) is 13.9. The Morgan fingerprint density at radius 3 is 0.742 bits per heavy atom. The molecule has 2 aromatic rings. The molecule has 0 aliphatic carbocycles. The van der Waals surface area contributed by atoms with Gasteiger partial charge in [-0.2, -0.15) is 26.3 Å². The Kier molecular flexibility index (Phi) is 5.53. The minimum Gasteiger partial charge on any atom is -0.394 e. The summed E-state index contributed by atoms with van der Waals surface area (Å²) in [6, 6.07) is 0. The lowest BCUT2D eigenvalue weighted by atomic mass is 9.71. The van der Waals surface area contributed by atoms with E-state index < -0.39 is 86.8 Å². The summed E-state index contributed by atoms with van der Waals surface area (Å²) < 4.78 is 194. The van der Waals surface area contributed by atoms with Crippen molar-refractivity contribution >= 4 is 11.4 Å². The number of anilines is 2. The molecule has 0 bridgehead atoms. The Morgan fingerprint density at radius 1 is 0.387 bits per heavy atom. The van der Waals surface area contributed by atoms with Gasteiger partial charge in [-0.15, -0.1) is 0 Å². The van der Waals surface area contributed by atoms with Crippen LogP contribution in [0.2, 0.25) is 0 Å². The Hall–Kier alpha value is -2.94. The highest BCUT2D eigenvalue weighted by atomic mass is 19.4. The van der Waals surface area contributed by atoms with Crippen molar-refractivity contribution in [2.24, 2.45) is 0 Å². The zero-order valence-electron chi connectivity index (χ0n) is 13.9. The number of nitrogens with two attached hydrogens (primary N) is 2. The van der Waals surface area contributed by atoms with E-state index in [9.17, 15) is 61.5 Å². The monoisotopic (exact) mass is 478 g/mol. The first kappa shape index (κ1) is 24.3. The van der Waals surface area contributed by atoms with Crippen molar-refractivity contribution < 1.29 is 61.5 Å². The minimum atomic E-state index is -7.31. The molecule has 0 radical (unpaired) electrons. The molecule has 0 atom stereocenters. The molecule has 0 heterocycles. The molecular weight excluding hydrogens is 474 g/mol. The van der Waals surface area contributed by atoms with Crippen LogP contribution in [0.5, 0.6) is 0 Å². The molecule has 0 saturated heterocycles. The minimum absolute atomic E-state index is 2.23. The maximum Gasteiger partial charge on any atom is 0.411 e. The van der Waals surface area contributed by atoms with E-state index in [4.69, 9.17) is 0 Å². The van der Waals surface area contributed by atoms with Crippen LogP contribution in [0, 0.1) is 46.5 Å². The quantitative estimate of drug-likeness (QED) is 0.347. The largest absolute Gasteiger partial charge is 0.411 e. The van der Waals surface area contributed by atoms with Gasteiger partial charge in [0.2, 0.25) is 5.41 Å². The van der Waals surface area contributed by atoms with E-state index in [2.05, 4.69) is 11.5 Å². The smallest absolute Gasteiger partial charge is 0.394 e. The van der Waals surface area contributed by atoms with Gasteiger partial charge < -0.3 is 11.5 Å². The van der Waals surface area contributed by atoms with Gasteiger partial charge >= 0.3 is 12.4 Å². The zero-order chi connectivity index (χ0) is 24.4. The van der Waals surface area contributed by atoms with Crippen molar-refractivity contribution in [3.8, 4) is 0 Å². The molecule has 0 spiro atoms. The van der Waals surface area contributed by atoms with E-state index in [1.165, 1.54) is 0 Å². The number of halogens is 14. The van der Waals surface area contributed by atoms with Crippen molar-refractivity contribution in [2.75, 3.05) is 11.5 Å². The first-order valence-electron chi connectivity index (χ1n) is 7.22. The van der Waals surface area contributed by atoms with Crippen LogP contribution >= 0.6 is 0 Å². The Balaban J connectivity index is 3.41. The summed E-state index contributed by atoms with van der Waals surface area (Å²) in [5.41, 5.74) is -9.57. The number of alkyl halides is 6. The highest BCUT2D eigenvalue weighted by molar-refractivity contribution is 5.56. The van der Waals surface area contributed by atoms with Crippen LogP contribution in [0.25, 0.3) is 0 Å². The van der Waals surface area contributed by atoms with Crippen molar-refractivity contribution in [1.29, 1.82) is 0 Å². The molecule has 0 amide bonds. The van der Waals surface area contributed by atoms with Crippen molar-refractivity contribution in [1.82, 2.24) is 0 Å². The van der Waals surface area contributed by atoms with Gasteiger partial charge in [0.15, 0.2) is 46.5 Å². The molecule has 172 valence electrons. The Labute approximate surface area is 161 Å². The van der Waals surface area contributed by atoms with Gasteiger partial charge in [-0.1, -0.05) is 0 Å². The molecule has 31 heavy (non-hydrogen) atoms. The second-order valence-electron chi connectivity index (χ2n) is 5.83. The molecular formula is C15H4F14N2. The summed E-state index contributed by atoms with van der Waals surface area (Å²) in [6.45, 7) is 0. The first-order chi connectivity index (χ1) is 13.9. The number of hydrogen-bond donors (Lipinski definition) is 2. The van der Waals surface area contributed by atoms with E-state index in [1.807, 2.05) is 0 Å². The third kappa shape index (κ3) is 3.02. The predicted octanol–water partition coefficient (Wildman–Crippen LogP) is 5.37. The van der Waals surface area contributed by atoms with Gasteiger partial charge in [-0.3, -0.25) is 0 Å². The predicted molar refractivity (Wildman–Crippen MR) is 74.3 cm³/mol. The van der Waals surface area contributed by atoms with Crippen molar-refractivity contribution in [2.45, 2.75) is 17.8 Å². The fourth-order valence-corrected chi connectivity index (χ4v) is 2.81. The Morgan fingerprint density at radius 2 is 0.581 bits per heavy atom. The van der Waals surface area contributed by atoms with Gasteiger partial charge in [0.1, 0.15) is 11.4 Å². The normalized spacial score (nSPS) is 13.1. The van der Waals surface area contributed by atoms with E-state index >= 15 is 0 Å². The van der Waals surface area contributed by atoms with E-state index in [0.717, 1.165) is 0 Å². The van der Waals surface area contributed by atoms with Crippen LogP contribution in [0.3, 0.4) is 0 Å². The lowest BCUT2D eigenvalue weighted by Gasteiger charge is -2.39. The summed E-state index contributed by atoms with van der Waals surface area (Å²) in [5, 5.41) is 0. The first-order valence-corrected chi connectivity index (χ1v) is 7.22. The molecule has 0 aliphatic heterocycles. The van der Waals surface area contributed by atoms with Gasteiger partial charge in [0, 0.05) is 0 Å². The number of rotatable bonds is 2. The van der Waals surface area contributed by atoms with Gasteiger partial charge in [-0.05, 0) is 0 Å².